The number of amides is 4. The van der Waals surface area contributed by atoms with E-state index in [1.54, 1.807) is 13.0 Å². The predicted molar refractivity (Wildman–Crippen MR) is 75.2 cm³/mol. The molecule has 1 aliphatic rings. The first kappa shape index (κ1) is 15.6. The molecule has 1 N–H and O–H groups in total. The molecule has 0 fully saturated rings. The minimum Gasteiger partial charge on any atom is -0.299 e. The molecule has 0 spiro atoms. The molecule has 7 nitrogen and oxygen atoms in total. The van der Waals surface area contributed by atoms with Gasteiger partial charge in [0.25, 0.3) is 11.8 Å². The van der Waals surface area contributed by atoms with E-state index in [1.165, 1.54) is 12.1 Å². The molecule has 1 unspecified atom stereocenters. The lowest BCUT2D eigenvalue weighted by molar-refractivity contribution is -0.125. The fourth-order valence-corrected chi connectivity index (χ4v) is 2.44. The van der Waals surface area contributed by atoms with E-state index in [2.05, 4.69) is 0 Å². The molecule has 0 bridgehead atoms. The summed E-state index contributed by atoms with van der Waals surface area (Å²) in [5.41, 5.74) is 0.467. The van der Waals surface area contributed by atoms with Gasteiger partial charge in [-0.15, -0.1) is 0 Å². The summed E-state index contributed by atoms with van der Waals surface area (Å²) in [7, 11) is 0. The second-order valence-corrected chi connectivity index (χ2v) is 4.94. The van der Waals surface area contributed by atoms with E-state index >= 15 is 0 Å². The topological polar surface area (TPSA) is 101 Å². The van der Waals surface area contributed by atoms with Gasteiger partial charge in [0, 0.05) is 18.0 Å². The molecule has 4 amide bonds. The van der Waals surface area contributed by atoms with E-state index in [4.69, 9.17) is 0 Å². The zero-order chi connectivity index (χ0) is 16.3. The third-order valence-electron chi connectivity index (χ3n) is 3.56. The number of rotatable bonds is 6. The summed E-state index contributed by atoms with van der Waals surface area (Å²) >= 11 is 0. The van der Waals surface area contributed by atoms with Crippen LogP contribution in [0.15, 0.2) is 18.2 Å². The van der Waals surface area contributed by atoms with Crippen LogP contribution < -0.4 is 5.32 Å². The second kappa shape index (κ2) is 6.30. The lowest BCUT2D eigenvalue weighted by Gasteiger charge is -2.22. The van der Waals surface area contributed by atoms with Gasteiger partial charge < -0.3 is 0 Å². The molecule has 22 heavy (non-hydrogen) atoms. The molecular formula is C15H14N2O5. The number of fused-ring (bicyclic) bond motifs is 1. The van der Waals surface area contributed by atoms with Crippen LogP contribution in [0.4, 0.5) is 0 Å². The van der Waals surface area contributed by atoms with Crippen molar-refractivity contribution < 1.29 is 24.0 Å². The van der Waals surface area contributed by atoms with E-state index in [0.717, 1.165) is 4.90 Å². The van der Waals surface area contributed by atoms with Gasteiger partial charge in [0.05, 0.1) is 11.1 Å². The molecule has 1 heterocycles. The Hall–Kier alpha value is -2.83. The smallest absolute Gasteiger partial charge is 0.262 e. The van der Waals surface area contributed by atoms with Crippen molar-refractivity contribution in [2.75, 3.05) is 0 Å². The molecule has 0 saturated heterocycles. The largest absolute Gasteiger partial charge is 0.299 e. The zero-order valence-corrected chi connectivity index (χ0v) is 11.9. The SMILES string of the molecule is CC(CCC(=O)NC=O)N1C(=O)c2cccc(C=O)c2C1=O. The first-order valence-corrected chi connectivity index (χ1v) is 6.70. The quantitative estimate of drug-likeness (QED) is 0.610. The van der Waals surface area contributed by atoms with Crippen molar-refractivity contribution in [1.29, 1.82) is 0 Å². The lowest BCUT2D eigenvalue weighted by atomic mass is 10.0. The van der Waals surface area contributed by atoms with Gasteiger partial charge in [0.2, 0.25) is 12.3 Å². The van der Waals surface area contributed by atoms with Gasteiger partial charge in [0.15, 0.2) is 6.29 Å². The van der Waals surface area contributed by atoms with Gasteiger partial charge in [0.1, 0.15) is 0 Å². The maximum absolute atomic E-state index is 12.4. The summed E-state index contributed by atoms with van der Waals surface area (Å²) in [5, 5.41) is 2.00. The number of benzene rings is 1. The van der Waals surface area contributed by atoms with Crippen LogP contribution in [0.1, 0.15) is 50.8 Å². The highest BCUT2D eigenvalue weighted by Gasteiger charge is 2.39. The van der Waals surface area contributed by atoms with Crippen LogP contribution >= 0.6 is 0 Å². The van der Waals surface area contributed by atoms with Crippen LogP contribution in [0, 0.1) is 0 Å². The summed E-state index contributed by atoms with van der Waals surface area (Å²) in [6, 6.07) is 3.99. The number of imide groups is 2. The maximum Gasteiger partial charge on any atom is 0.262 e. The molecule has 0 radical (unpaired) electrons. The fourth-order valence-electron chi connectivity index (χ4n) is 2.44. The number of carbonyl (C=O) groups excluding carboxylic acids is 5. The zero-order valence-electron chi connectivity index (χ0n) is 11.9. The Labute approximate surface area is 126 Å². The van der Waals surface area contributed by atoms with Crippen LogP contribution in [-0.4, -0.2) is 41.4 Å². The average molecular weight is 302 g/mol. The average Bonchev–Trinajstić information content (AvgIpc) is 2.77. The Morgan fingerprint density at radius 1 is 1.27 bits per heavy atom. The van der Waals surface area contributed by atoms with Crippen molar-refractivity contribution in [2.45, 2.75) is 25.8 Å². The highest BCUT2D eigenvalue weighted by Crippen LogP contribution is 2.28. The minimum absolute atomic E-state index is 0.00779. The van der Waals surface area contributed by atoms with Crippen molar-refractivity contribution in [1.82, 2.24) is 10.2 Å². The number of hydrogen-bond acceptors (Lipinski definition) is 5. The summed E-state index contributed by atoms with van der Waals surface area (Å²) in [6.07, 6.45) is 1.05. The van der Waals surface area contributed by atoms with E-state index in [0.29, 0.717) is 6.29 Å². The van der Waals surface area contributed by atoms with Crippen LogP contribution in [0.2, 0.25) is 0 Å². The van der Waals surface area contributed by atoms with Gasteiger partial charge in [-0.05, 0) is 19.4 Å². The van der Waals surface area contributed by atoms with Crippen molar-refractivity contribution in [3.8, 4) is 0 Å². The molecule has 2 rings (SSSR count). The first-order valence-electron chi connectivity index (χ1n) is 6.70. The number of carbonyl (C=O) groups is 5. The number of aldehydes is 1. The number of nitrogens with one attached hydrogen (secondary N) is 1. The highest BCUT2D eigenvalue weighted by atomic mass is 16.2. The minimum atomic E-state index is -0.536. The summed E-state index contributed by atoms with van der Waals surface area (Å²) < 4.78 is 0. The molecular weight excluding hydrogens is 288 g/mol. The standard InChI is InChI=1S/C15H14N2O5/c1-9(5-6-12(20)16-8-19)17-14(21)11-4-2-3-10(7-18)13(11)15(17)22/h2-4,7-9H,5-6H2,1H3,(H,16,19,20). The first-order chi connectivity index (χ1) is 10.5. The molecule has 1 aromatic rings. The van der Waals surface area contributed by atoms with Gasteiger partial charge in [-0.2, -0.15) is 0 Å². The van der Waals surface area contributed by atoms with Crippen molar-refractivity contribution in [2.24, 2.45) is 0 Å². The van der Waals surface area contributed by atoms with Gasteiger partial charge in [-0.3, -0.25) is 34.2 Å². The fraction of sp³-hybridized carbons (Fsp3) is 0.267. The monoisotopic (exact) mass is 302 g/mol. The Bertz CT molecular complexity index is 668. The van der Waals surface area contributed by atoms with E-state index in [-0.39, 0.29) is 35.9 Å². The molecule has 1 atom stereocenters. The summed E-state index contributed by atoms with van der Waals surface area (Å²) in [5.74, 6) is -1.50. The maximum atomic E-state index is 12.4. The van der Waals surface area contributed by atoms with Crippen molar-refractivity contribution >= 4 is 30.4 Å². The molecule has 7 heteroatoms. The van der Waals surface area contributed by atoms with Crippen LogP contribution in [-0.2, 0) is 9.59 Å². The van der Waals surface area contributed by atoms with Gasteiger partial charge >= 0.3 is 0 Å². The molecule has 0 aliphatic carbocycles. The molecule has 1 aliphatic heterocycles. The van der Waals surface area contributed by atoms with Gasteiger partial charge in [-0.1, -0.05) is 12.1 Å². The molecule has 0 saturated carbocycles. The van der Waals surface area contributed by atoms with Crippen molar-refractivity contribution in [3.05, 3.63) is 34.9 Å². The third-order valence-corrected chi connectivity index (χ3v) is 3.56. The Morgan fingerprint density at radius 3 is 2.64 bits per heavy atom. The van der Waals surface area contributed by atoms with Crippen LogP contribution in [0.25, 0.3) is 0 Å². The summed E-state index contributed by atoms with van der Waals surface area (Å²) in [4.78, 5) is 58.2. The predicted octanol–water partition coefficient (Wildman–Crippen LogP) is 0.536. The second-order valence-electron chi connectivity index (χ2n) is 4.94. The number of hydrogen-bond donors (Lipinski definition) is 1. The molecule has 1 aromatic carbocycles. The van der Waals surface area contributed by atoms with E-state index in [1.807, 2.05) is 5.32 Å². The number of nitrogens with zero attached hydrogens (tertiary/aromatic N) is 1. The van der Waals surface area contributed by atoms with E-state index in [9.17, 15) is 24.0 Å². The summed E-state index contributed by atoms with van der Waals surface area (Å²) in [6.45, 7) is 1.64. The van der Waals surface area contributed by atoms with E-state index < -0.39 is 23.8 Å². The normalized spacial score (nSPS) is 14.5. The highest BCUT2D eigenvalue weighted by molar-refractivity contribution is 6.23. The Morgan fingerprint density at radius 2 is 2.00 bits per heavy atom. The Kier molecular flexibility index (Phi) is 4.45. The third kappa shape index (κ3) is 2.65. The van der Waals surface area contributed by atoms with Gasteiger partial charge in [-0.25, -0.2) is 0 Å². The molecule has 0 aromatic heterocycles. The Balaban J connectivity index is 2.19. The lowest BCUT2D eigenvalue weighted by Crippen LogP contribution is -2.38. The van der Waals surface area contributed by atoms with Crippen LogP contribution in [0.3, 0.4) is 0 Å². The van der Waals surface area contributed by atoms with Crippen molar-refractivity contribution in [3.63, 3.8) is 0 Å². The molecule has 114 valence electrons. The van der Waals surface area contributed by atoms with Crippen LogP contribution in [0.5, 0.6) is 0 Å².